The summed E-state index contributed by atoms with van der Waals surface area (Å²) in [5, 5.41) is 0.674. The topological polar surface area (TPSA) is 63.7 Å². The Balaban J connectivity index is 2.00. The van der Waals surface area contributed by atoms with Crippen LogP contribution in [-0.4, -0.2) is 20.9 Å². The van der Waals surface area contributed by atoms with E-state index >= 15 is 0 Å². The summed E-state index contributed by atoms with van der Waals surface area (Å²) in [6, 6.07) is 16.5. The first-order valence-electron chi connectivity index (χ1n) is 8.89. The molecule has 3 aromatic carbocycles. The van der Waals surface area contributed by atoms with Gasteiger partial charge in [-0.2, -0.15) is 0 Å². The lowest BCUT2D eigenvalue weighted by atomic mass is 10.2. The third kappa shape index (κ3) is 5.22. The highest BCUT2D eigenvalue weighted by molar-refractivity contribution is 7.93. The zero-order valence-corrected chi connectivity index (χ0v) is 19.0. The van der Waals surface area contributed by atoms with E-state index in [1.807, 2.05) is 0 Å². The van der Waals surface area contributed by atoms with Crippen LogP contribution in [0.3, 0.4) is 0 Å². The van der Waals surface area contributed by atoms with Gasteiger partial charge in [-0.3, -0.25) is 4.31 Å². The molecule has 0 saturated heterocycles. The molecule has 0 atom stereocenters. The molecule has 3 rings (SSSR count). The number of sulfonamides is 1. The van der Waals surface area contributed by atoms with Crippen molar-refractivity contribution in [1.29, 1.82) is 0 Å². The number of esters is 1. The van der Waals surface area contributed by atoms with Gasteiger partial charge in [-0.15, -0.1) is 6.58 Å². The van der Waals surface area contributed by atoms with Crippen LogP contribution in [0.4, 0.5) is 5.69 Å². The second kappa shape index (κ2) is 9.75. The number of rotatable bonds is 7. The quantitative estimate of drug-likeness (QED) is 0.220. The first-order valence-corrected chi connectivity index (χ1v) is 11.5. The lowest BCUT2D eigenvalue weighted by Crippen LogP contribution is -2.31. The molecular formula is C22H16Cl3NO4S. The number of nitrogens with zero attached hydrogens (tertiary/aromatic N) is 1. The maximum Gasteiger partial charge on any atom is 0.343 e. The zero-order chi connectivity index (χ0) is 22.6. The Hall–Kier alpha value is -2.51. The van der Waals surface area contributed by atoms with Crippen LogP contribution in [0.2, 0.25) is 15.1 Å². The standard InChI is InChI=1S/C22H16Cl3NO4S/c1-2-13-26(20-6-4-3-5-18(20)24)31(28,29)21-14-15(7-12-19(21)25)22(27)30-17-10-8-16(23)9-11-17/h2-12,14H,1,13H2. The van der Waals surface area contributed by atoms with E-state index in [1.54, 1.807) is 36.4 Å². The summed E-state index contributed by atoms with van der Waals surface area (Å²) in [5.74, 6) is -0.485. The predicted octanol–water partition coefficient (Wildman–Crippen LogP) is 6.25. The molecule has 9 heteroatoms. The molecule has 0 aliphatic rings. The van der Waals surface area contributed by atoms with Crippen molar-refractivity contribution in [1.82, 2.24) is 0 Å². The zero-order valence-electron chi connectivity index (χ0n) is 16.0. The van der Waals surface area contributed by atoms with E-state index in [0.717, 1.165) is 4.31 Å². The molecule has 0 aromatic heterocycles. The maximum atomic E-state index is 13.4. The highest BCUT2D eigenvalue weighted by Crippen LogP contribution is 2.33. The normalized spacial score (nSPS) is 11.1. The Labute approximate surface area is 195 Å². The van der Waals surface area contributed by atoms with E-state index in [9.17, 15) is 13.2 Å². The third-order valence-corrected chi connectivity index (χ3v) is 7.01. The number of anilines is 1. The number of hydrogen-bond donors (Lipinski definition) is 0. The van der Waals surface area contributed by atoms with E-state index in [4.69, 9.17) is 39.5 Å². The van der Waals surface area contributed by atoms with E-state index in [-0.39, 0.29) is 38.5 Å². The Morgan fingerprint density at radius 3 is 2.29 bits per heavy atom. The molecule has 0 amide bonds. The molecule has 5 nitrogen and oxygen atoms in total. The molecule has 0 bridgehead atoms. The summed E-state index contributed by atoms with van der Waals surface area (Å²) in [7, 11) is -4.18. The number of carbonyl (C=O) groups excluding carboxylic acids is 1. The first kappa shape index (κ1) is 23.2. The molecule has 0 aliphatic heterocycles. The minimum Gasteiger partial charge on any atom is -0.423 e. The summed E-state index contributed by atoms with van der Waals surface area (Å²) in [5.41, 5.74) is 0.268. The van der Waals surface area contributed by atoms with Gasteiger partial charge in [-0.25, -0.2) is 13.2 Å². The largest absolute Gasteiger partial charge is 0.423 e. The van der Waals surface area contributed by atoms with Crippen molar-refractivity contribution >= 4 is 56.5 Å². The average molecular weight is 497 g/mol. The summed E-state index contributed by atoms with van der Waals surface area (Å²) in [4.78, 5) is 12.3. The minimum atomic E-state index is -4.18. The molecule has 31 heavy (non-hydrogen) atoms. The van der Waals surface area contributed by atoms with E-state index < -0.39 is 16.0 Å². The van der Waals surface area contributed by atoms with Crippen molar-refractivity contribution in [2.24, 2.45) is 0 Å². The van der Waals surface area contributed by atoms with Crippen LogP contribution >= 0.6 is 34.8 Å². The van der Waals surface area contributed by atoms with Crippen LogP contribution < -0.4 is 9.04 Å². The van der Waals surface area contributed by atoms with Crippen molar-refractivity contribution < 1.29 is 17.9 Å². The molecule has 0 spiro atoms. The number of halogens is 3. The fourth-order valence-electron chi connectivity index (χ4n) is 2.71. The highest BCUT2D eigenvalue weighted by Gasteiger charge is 2.29. The average Bonchev–Trinajstić information content (AvgIpc) is 2.74. The lowest BCUT2D eigenvalue weighted by Gasteiger charge is -2.24. The Morgan fingerprint density at radius 1 is 0.968 bits per heavy atom. The van der Waals surface area contributed by atoms with Gasteiger partial charge in [0.2, 0.25) is 0 Å². The van der Waals surface area contributed by atoms with Crippen LogP contribution in [0.25, 0.3) is 0 Å². The first-order chi connectivity index (χ1) is 14.7. The molecule has 0 heterocycles. The monoisotopic (exact) mass is 495 g/mol. The maximum absolute atomic E-state index is 13.4. The fraction of sp³-hybridized carbons (Fsp3) is 0.0455. The lowest BCUT2D eigenvalue weighted by molar-refractivity contribution is 0.0734. The molecule has 3 aromatic rings. The van der Waals surface area contributed by atoms with Crippen LogP contribution in [0, 0.1) is 0 Å². The van der Waals surface area contributed by atoms with Gasteiger partial charge in [0.15, 0.2) is 0 Å². The summed E-state index contributed by atoms with van der Waals surface area (Å²) in [6.45, 7) is 3.56. The molecule has 0 aliphatic carbocycles. The van der Waals surface area contributed by atoms with Crippen molar-refractivity contribution in [2.75, 3.05) is 10.8 Å². The van der Waals surface area contributed by atoms with Crippen LogP contribution in [0.1, 0.15) is 10.4 Å². The van der Waals surface area contributed by atoms with Gasteiger partial charge < -0.3 is 4.74 Å². The minimum absolute atomic E-state index is 0.00985. The highest BCUT2D eigenvalue weighted by atomic mass is 35.5. The van der Waals surface area contributed by atoms with E-state index in [0.29, 0.717) is 5.02 Å². The van der Waals surface area contributed by atoms with Gasteiger partial charge in [0.05, 0.1) is 27.8 Å². The van der Waals surface area contributed by atoms with Crippen molar-refractivity contribution in [2.45, 2.75) is 4.90 Å². The number of ether oxygens (including phenoxy) is 1. The number of hydrogen-bond acceptors (Lipinski definition) is 4. The number of para-hydroxylation sites is 1. The van der Waals surface area contributed by atoms with Crippen LogP contribution in [0.15, 0.2) is 84.3 Å². The Bertz CT molecular complexity index is 1230. The SMILES string of the molecule is C=CCN(c1ccccc1Cl)S(=O)(=O)c1cc(C(=O)Oc2ccc(Cl)cc2)ccc1Cl. The smallest absolute Gasteiger partial charge is 0.343 e. The molecule has 0 radical (unpaired) electrons. The van der Waals surface area contributed by atoms with Gasteiger partial charge in [0.25, 0.3) is 10.0 Å². The molecule has 0 saturated carbocycles. The number of benzene rings is 3. The van der Waals surface area contributed by atoms with Gasteiger partial charge in [-0.1, -0.05) is 53.0 Å². The second-order valence-corrected chi connectivity index (χ2v) is 9.35. The second-order valence-electron chi connectivity index (χ2n) is 6.26. The van der Waals surface area contributed by atoms with Gasteiger partial charge in [-0.05, 0) is 54.6 Å². The molecule has 0 unspecified atom stereocenters. The van der Waals surface area contributed by atoms with E-state index in [1.165, 1.54) is 36.4 Å². The summed E-state index contributed by atoms with van der Waals surface area (Å²) >= 11 is 18.2. The van der Waals surface area contributed by atoms with Crippen LogP contribution in [-0.2, 0) is 10.0 Å². The molecule has 0 N–H and O–H groups in total. The molecular weight excluding hydrogens is 481 g/mol. The summed E-state index contributed by atoms with van der Waals surface area (Å²) < 4.78 is 33.2. The molecule has 160 valence electrons. The summed E-state index contributed by atoms with van der Waals surface area (Å²) in [6.07, 6.45) is 1.42. The van der Waals surface area contributed by atoms with Gasteiger partial charge >= 0.3 is 5.97 Å². The van der Waals surface area contributed by atoms with Crippen molar-refractivity contribution in [3.05, 3.63) is 100 Å². The molecule has 0 fully saturated rings. The van der Waals surface area contributed by atoms with Crippen molar-refractivity contribution in [3.8, 4) is 5.75 Å². The third-order valence-electron chi connectivity index (χ3n) is 4.18. The fourth-order valence-corrected chi connectivity index (χ4v) is 5.08. The predicted molar refractivity (Wildman–Crippen MR) is 124 cm³/mol. The number of carbonyl (C=O) groups is 1. The van der Waals surface area contributed by atoms with E-state index in [2.05, 4.69) is 6.58 Å². The van der Waals surface area contributed by atoms with Crippen LogP contribution in [0.5, 0.6) is 5.75 Å². The van der Waals surface area contributed by atoms with Gasteiger partial charge in [0.1, 0.15) is 10.6 Å². The Kier molecular flexibility index (Phi) is 7.28. The Morgan fingerprint density at radius 2 is 1.65 bits per heavy atom. The van der Waals surface area contributed by atoms with Gasteiger partial charge in [0, 0.05) is 5.02 Å². The van der Waals surface area contributed by atoms with Crippen molar-refractivity contribution in [3.63, 3.8) is 0 Å².